The second-order valence-corrected chi connectivity index (χ2v) is 9.90. The van der Waals surface area contributed by atoms with E-state index in [2.05, 4.69) is 4.98 Å². The molecule has 1 aromatic heterocycles. The van der Waals surface area contributed by atoms with Crippen molar-refractivity contribution < 1.29 is 22.3 Å². The van der Waals surface area contributed by atoms with Gasteiger partial charge in [-0.05, 0) is 35.9 Å². The second kappa shape index (κ2) is 9.25. The standard InChI is InChI=1S/C22H27FN4O4S/c1-25(2)32(29,30)16-7-8-19-18(13-16)24-21(27(19)4)10-11-22(28)26(3)14-15-6-9-20(31-5)17(23)12-15/h6-9,12-13H,10-11,14H2,1-5H3. The number of nitrogens with zero attached hydrogens (tertiary/aromatic N) is 4. The Morgan fingerprint density at radius 2 is 1.88 bits per heavy atom. The number of imidazole rings is 1. The van der Waals surface area contributed by atoms with Gasteiger partial charge in [-0.3, -0.25) is 4.79 Å². The van der Waals surface area contributed by atoms with Crippen LogP contribution >= 0.6 is 0 Å². The molecule has 32 heavy (non-hydrogen) atoms. The van der Waals surface area contributed by atoms with E-state index in [0.29, 0.717) is 23.3 Å². The summed E-state index contributed by atoms with van der Waals surface area (Å²) >= 11 is 0. The summed E-state index contributed by atoms with van der Waals surface area (Å²) in [6, 6.07) is 9.42. The molecule has 0 saturated heterocycles. The van der Waals surface area contributed by atoms with Crippen molar-refractivity contribution in [2.75, 3.05) is 28.3 Å². The number of hydrogen-bond acceptors (Lipinski definition) is 5. The van der Waals surface area contributed by atoms with Gasteiger partial charge < -0.3 is 14.2 Å². The minimum atomic E-state index is -3.56. The summed E-state index contributed by atoms with van der Waals surface area (Å²) in [5.74, 6) is 0.258. The van der Waals surface area contributed by atoms with Gasteiger partial charge in [0.15, 0.2) is 11.6 Å². The third-order valence-corrected chi connectivity index (χ3v) is 7.16. The summed E-state index contributed by atoms with van der Waals surface area (Å²) in [5.41, 5.74) is 2.00. The first kappa shape index (κ1) is 23.7. The van der Waals surface area contributed by atoms with Crippen molar-refractivity contribution in [1.82, 2.24) is 18.8 Å². The number of benzene rings is 2. The van der Waals surface area contributed by atoms with E-state index in [-0.39, 0.29) is 29.5 Å². The highest BCUT2D eigenvalue weighted by Gasteiger charge is 2.19. The normalized spacial score (nSPS) is 11.8. The van der Waals surface area contributed by atoms with Crippen molar-refractivity contribution >= 4 is 27.0 Å². The molecule has 2 aromatic carbocycles. The summed E-state index contributed by atoms with van der Waals surface area (Å²) < 4.78 is 46.6. The van der Waals surface area contributed by atoms with Crippen LogP contribution < -0.4 is 4.74 Å². The van der Waals surface area contributed by atoms with Crippen LogP contribution in [-0.2, 0) is 34.8 Å². The van der Waals surface area contributed by atoms with E-state index < -0.39 is 15.8 Å². The Morgan fingerprint density at radius 1 is 1.16 bits per heavy atom. The highest BCUT2D eigenvalue weighted by molar-refractivity contribution is 7.89. The molecule has 0 spiro atoms. The molecule has 1 heterocycles. The number of fused-ring (bicyclic) bond motifs is 1. The molecule has 0 radical (unpaired) electrons. The zero-order valence-electron chi connectivity index (χ0n) is 18.8. The molecule has 3 aromatic rings. The van der Waals surface area contributed by atoms with Crippen LogP contribution in [0, 0.1) is 5.82 Å². The minimum absolute atomic E-state index is 0.107. The number of sulfonamides is 1. The number of ether oxygens (including phenoxy) is 1. The molecule has 0 aliphatic rings. The molecule has 0 unspecified atom stereocenters. The van der Waals surface area contributed by atoms with Crippen LogP contribution in [0.2, 0.25) is 0 Å². The molecule has 0 aliphatic carbocycles. The first-order chi connectivity index (χ1) is 15.0. The van der Waals surface area contributed by atoms with Crippen LogP contribution in [0.25, 0.3) is 11.0 Å². The lowest BCUT2D eigenvalue weighted by atomic mass is 10.2. The zero-order chi connectivity index (χ0) is 23.6. The molecule has 172 valence electrons. The van der Waals surface area contributed by atoms with Gasteiger partial charge in [-0.1, -0.05) is 6.07 Å². The quantitative estimate of drug-likeness (QED) is 0.514. The number of halogens is 1. The lowest BCUT2D eigenvalue weighted by molar-refractivity contribution is -0.130. The third-order valence-electron chi connectivity index (χ3n) is 5.35. The first-order valence-electron chi connectivity index (χ1n) is 9.99. The van der Waals surface area contributed by atoms with Gasteiger partial charge in [-0.15, -0.1) is 0 Å². The number of rotatable bonds is 8. The van der Waals surface area contributed by atoms with E-state index in [1.54, 1.807) is 31.3 Å². The molecule has 0 fully saturated rings. The van der Waals surface area contributed by atoms with Crippen LogP contribution in [0.15, 0.2) is 41.3 Å². The van der Waals surface area contributed by atoms with E-state index in [1.165, 1.54) is 38.2 Å². The van der Waals surface area contributed by atoms with Crippen LogP contribution in [0.5, 0.6) is 5.75 Å². The van der Waals surface area contributed by atoms with Crippen molar-refractivity contribution in [3.8, 4) is 5.75 Å². The highest BCUT2D eigenvalue weighted by atomic mass is 32.2. The SMILES string of the molecule is COc1ccc(CN(C)C(=O)CCc2nc3cc(S(=O)(=O)N(C)C)ccc3n2C)cc1F. The van der Waals surface area contributed by atoms with E-state index in [4.69, 9.17) is 4.74 Å². The summed E-state index contributed by atoms with van der Waals surface area (Å²) in [6.07, 6.45) is 0.607. The molecule has 8 nitrogen and oxygen atoms in total. The minimum Gasteiger partial charge on any atom is -0.494 e. The van der Waals surface area contributed by atoms with E-state index >= 15 is 0 Å². The number of carbonyl (C=O) groups is 1. The Kier molecular flexibility index (Phi) is 6.85. The maximum absolute atomic E-state index is 13.9. The zero-order valence-corrected chi connectivity index (χ0v) is 19.6. The Bertz CT molecular complexity index is 1250. The van der Waals surface area contributed by atoms with Crippen molar-refractivity contribution in [2.24, 2.45) is 7.05 Å². The monoisotopic (exact) mass is 462 g/mol. The van der Waals surface area contributed by atoms with Crippen molar-refractivity contribution in [1.29, 1.82) is 0 Å². The van der Waals surface area contributed by atoms with Gasteiger partial charge in [0.2, 0.25) is 15.9 Å². The van der Waals surface area contributed by atoms with Crippen molar-refractivity contribution in [3.05, 3.63) is 53.6 Å². The predicted molar refractivity (Wildman–Crippen MR) is 119 cm³/mol. The van der Waals surface area contributed by atoms with Gasteiger partial charge in [0.25, 0.3) is 0 Å². The number of hydrogen-bond donors (Lipinski definition) is 0. The summed E-state index contributed by atoms with van der Waals surface area (Å²) in [6.45, 7) is 0.272. The van der Waals surface area contributed by atoms with Crippen LogP contribution in [0.1, 0.15) is 17.8 Å². The van der Waals surface area contributed by atoms with E-state index in [1.807, 2.05) is 11.6 Å². The van der Waals surface area contributed by atoms with E-state index in [9.17, 15) is 17.6 Å². The van der Waals surface area contributed by atoms with Gasteiger partial charge in [0, 0.05) is 47.6 Å². The molecular formula is C22H27FN4O4S. The summed E-state index contributed by atoms with van der Waals surface area (Å²) in [4.78, 5) is 18.8. The van der Waals surface area contributed by atoms with Crippen LogP contribution in [0.3, 0.4) is 0 Å². The third kappa shape index (κ3) is 4.76. The molecule has 3 rings (SSSR count). The Morgan fingerprint density at radius 3 is 2.50 bits per heavy atom. The fourth-order valence-corrected chi connectivity index (χ4v) is 4.33. The van der Waals surface area contributed by atoms with Gasteiger partial charge in [0.05, 0.1) is 23.0 Å². The molecule has 10 heteroatoms. The molecule has 0 aliphatic heterocycles. The first-order valence-corrected chi connectivity index (χ1v) is 11.4. The number of aryl methyl sites for hydroxylation is 2. The summed E-state index contributed by atoms with van der Waals surface area (Å²) in [5, 5.41) is 0. The molecule has 1 amide bonds. The maximum Gasteiger partial charge on any atom is 0.242 e. The van der Waals surface area contributed by atoms with Crippen LogP contribution in [-0.4, -0.2) is 61.3 Å². The lowest BCUT2D eigenvalue weighted by Crippen LogP contribution is -2.26. The van der Waals surface area contributed by atoms with Crippen LogP contribution in [0.4, 0.5) is 4.39 Å². The van der Waals surface area contributed by atoms with Gasteiger partial charge in [-0.25, -0.2) is 22.1 Å². The summed E-state index contributed by atoms with van der Waals surface area (Å²) in [7, 11) is 4.29. The number of aromatic nitrogens is 2. The lowest BCUT2D eigenvalue weighted by Gasteiger charge is -2.17. The number of methoxy groups -OCH3 is 1. The molecule has 0 N–H and O–H groups in total. The van der Waals surface area contributed by atoms with Gasteiger partial charge in [0.1, 0.15) is 5.82 Å². The fourth-order valence-electron chi connectivity index (χ4n) is 3.40. The van der Waals surface area contributed by atoms with Crippen molar-refractivity contribution in [2.45, 2.75) is 24.3 Å². The largest absolute Gasteiger partial charge is 0.494 e. The molecular weight excluding hydrogens is 435 g/mol. The smallest absolute Gasteiger partial charge is 0.242 e. The Hall–Kier alpha value is -2.98. The number of amides is 1. The predicted octanol–water partition coefficient (Wildman–Crippen LogP) is 2.56. The topological polar surface area (TPSA) is 84.7 Å². The average Bonchev–Trinajstić information content (AvgIpc) is 3.07. The Labute approximate surface area is 187 Å². The number of carbonyl (C=O) groups excluding carboxylic acids is 1. The maximum atomic E-state index is 13.9. The average molecular weight is 463 g/mol. The molecule has 0 bridgehead atoms. The van der Waals surface area contributed by atoms with Gasteiger partial charge >= 0.3 is 0 Å². The van der Waals surface area contributed by atoms with E-state index in [0.717, 1.165) is 9.82 Å². The highest BCUT2D eigenvalue weighted by Crippen LogP contribution is 2.22. The molecule has 0 atom stereocenters. The van der Waals surface area contributed by atoms with Crippen molar-refractivity contribution in [3.63, 3.8) is 0 Å². The Balaban J connectivity index is 1.70. The second-order valence-electron chi connectivity index (χ2n) is 7.74. The molecule has 0 saturated carbocycles. The fraction of sp³-hybridized carbons (Fsp3) is 0.364. The van der Waals surface area contributed by atoms with Gasteiger partial charge in [-0.2, -0.15) is 0 Å².